The molecule has 0 aromatic heterocycles. The van der Waals surface area contributed by atoms with E-state index in [1.807, 2.05) is 18.2 Å². The zero-order valence-electron chi connectivity index (χ0n) is 11.8. The molecule has 0 bridgehead atoms. The highest BCUT2D eigenvalue weighted by atomic mass is 19.1. The topological polar surface area (TPSA) is 37.4 Å². The highest BCUT2D eigenvalue weighted by Gasteiger charge is 2.46. The van der Waals surface area contributed by atoms with Gasteiger partial charge in [-0.2, -0.15) is 0 Å². The van der Waals surface area contributed by atoms with Gasteiger partial charge in [-0.1, -0.05) is 24.3 Å². The van der Waals surface area contributed by atoms with E-state index in [1.54, 1.807) is 6.07 Å². The van der Waals surface area contributed by atoms with E-state index in [-0.39, 0.29) is 29.5 Å². The highest BCUT2D eigenvalue weighted by Crippen LogP contribution is 2.35. The Hall–Kier alpha value is -1.97. The van der Waals surface area contributed by atoms with Crippen LogP contribution in [0, 0.1) is 17.7 Å². The van der Waals surface area contributed by atoms with Gasteiger partial charge in [-0.15, -0.1) is 0 Å². The number of fused-ring (bicyclic) bond motifs is 1. The normalized spacial score (nSPS) is 24.5. The minimum atomic E-state index is -0.252. The van der Waals surface area contributed by atoms with E-state index in [4.69, 9.17) is 0 Å². The summed E-state index contributed by atoms with van der Waals surface area (Å²) in [6.45, 7) is 0.432. The van der Waals surface area contributed by atoms with Crippen molar-refractivity contribution in [2.75, 3.05) is 6.54 Å². The van der Waals surface area contributed by atoms with Crippen LogP contribution in [0.2, 0.25) is 0 Å². The van der Waals surface area contributed by atoms with Gasteiger partial charge in [0, 0.05) is 6.54 Å². The lowest BCUT2D eigenvalue weighted by atomic mass is 9.85. The number of imide groups is 1. The number of amides is 2. The SMILES string of the molecule is O=C1[C@H]2CC=CC[C@H]2C(=O)N1CCCc1cccc(F)c1. The summed E-state index contributed by atoms with van der Waals surface area (Å²) in [6, 6.07) is 6.45. The average Bonchev–Trinajstić information content (AvgIpc) is 2.73. The maximum Gasteiger partial charge on any atom is 0.233 e. The fraction of sp³-hybridized carbons (Fsp3) is 0.412. The molecule has 1 aromatic rings. The first-order valence-electron chi connectivity index (χ1n) is 7.41. The summed E-state index contributed by atoms with van der Waals surface area (Å²) < 4.78 is 13.1. The minimum absolute atomic E-state index is 0.0337. The van der Waals surface area contributed by atoms with Gasteiger partial charge in [0.05, 0.1) is 11.8 Å². The number of aryl methyl sites for hydroxylation is 1. The third-order valence-electron chi connectivity index (χ3n) is 4.34. The van der Waals surface area contributed by atoms with Gasteiger partial charge in [0.25, 0.3) is 0 Å². The molecule has 3 nitrogen and oxygen atoms in total. The van der Waals surface area contributed by atoms with E-state index in [0.29, 0.717) is 32.2 Å². The Morgan fingerprint density at radius 3 is 2.38 bits per heavy atom. The van der Waals surface area contributed by atoms with Crippen LogP contribution in [-0.4, -0.2) is 23.3 Å². The van der Waals surface area contributed by atoms with Crippen molar-refractivity contribution in [3.8, 4) is 0 Å². The van der Waals surface area contributed by atoms with Crippen LogP contribution in [0.15, 0.2) is 36.4 Å². The van der Waals surface area contributed by atoms with Crippen LogP contribution in [-0.2, 0) is 16.0 Å². The first-order valence-corrected chi connectivity index (χ1v) is 7.41. The number of nitrogens with zero attached hydrogens (tertiary/aromatic N) is 1. The molecule has 1 saturated heterocycles. The molecule has 21 heavy (non-hydrogen) atoms. The summed E-state index contributed by atoms with van der Waals surface area (Å²) in [7, 11) is 0. The van der Waals surface area contributed by atoms with E-state index in [2.05, 4.69) is 0 Å². The van der Waals surface area contributed by atoms with E-state index in [1.165, 1.54) is 17.0 Å². The largest absolute Gasteiger partial charge is 0.282 e. The molecule has 0 unspecified atom stereocenters. The summed E-state index contributed by atoms with van der Waals surface area (Å²) in [5.41, 5.74) is 0.896. The Morgan fingerprint density at radius 1 is 1.10 bits per heavy atom. The van der Waals surface area contributed by atoms with Crippen molar-refractivity contribution in [2.45, 2.75) is 25.7 Å². The lowest BCUT2D eigenvalue weighted by Gasteiger charge is -2.14. The average molecular weight is 287 g/mol. The molecule has 0 N–H and O–H groups in total. The molecule has 1 heterocycles. The van der Waals surface area contributed by atoms with Crippen molar-refractivity contribution >= 4 is 11.8 Å². The molecule has 0 radical (unpaired) electrons. The predicted octanol–water partition coefficient (Wildman–Crippen LogP) is 2.71. The fourth-order valence-corrected chi connectivity index (χ4v) is 3.22. The molecule has 0 spiro atoms. The van der Waals surface area contributed by atoms with Gasteiger partial charge in [-0.05, 0) is 43.4 Å². The van der Waals surface area contributed by atoms with Crippen molar-refractivity contribution in [3.05, 3.63) is 47.8 Å². The van der Waals surface area contributed by atoms with Crippen LogP contribution >= 0.6 is 0 Å². The van der Waals surface area contributed by atoms with Crippen molar-refractivity contribution in [1.29, 1.82) is 0 Å². The van der Waals surface area contributed by atoms with Gasteiger partial charge in [0.1, 0.15) is 5.82 Å². The second-order valence-electron chi connectivity index (χ2n) is 5.72. The lowest BCUT2D eigenvalue weighted by Crippen LogP contribution is -2.32. The smallest absolute Gasteiger partial charge is 0.233 e. The number of hydrogen-bond donors (Lipinski definition) is 0. The number of rotatable bonds is 4. The third kappa shape index (κ3) is 2.75. The maximum atomic E-state index is 13.1. The molecule has 1 aromatic carbocycles. The Balaban J connectivity index is 1.58. The summed E-state index contributed by atoms with van der Waals surface area (Å²) in [5, 5.41) is 0. The van der Waals surface area contributed by atoms with Gasteiger partial charge in [-0.3, -0.25) is 14.5 Å². The second-order valence-corrected chi connectivity index (χ2v) is 5.72. The van der Waals surface area contributed by atoms with Crippen LogP contribution < -0.4 is 0 Å². The number of halogens is 1. The third-order valence-corrected chi connectivity index (χ3v) is 4.34. The molecule has 2 atom stereocenters. The number of likely N-dealkylation sites (tertiary alicyclic amines) is 1. The van der Waals surface area contributed by atoms with Crippen molar-refractivity contribution in [3.63, 3.8) is 0 Å². The Labute approximate surface area is 123 Å². The van der Waals surface area contributed by atoms with Gasteiger partial charge in [0.2, 0.25) is 11.8 Å². The number of allylic oxidation sites excluding steroid dienone is 2. The quantitative estimate of drug-likeness (QED) is 0.631. The van der Waals surface area contributed by atoms with Crippen molar-refractivity contribution in [1.82, 2.24) is 4.90 Å². The molecule has 1 aliphatic carbocycles. The zero-order chi connectivity index (χ0) is 14.8. The molecular formula is C17H18FNO2. The van der Waals surface area contributed by atoms with Crippen LogP contribution in [0.1, 0.15) is 24.8 Å². The van der Waals surface area contributed by atoms with E-state index < -0.39 is 0 Å². The Bertz CT molecular complexity index is 570. The van der Waals surface area contributed by atoms with Crippen LogP contribution in [0.4, 0.5) is 4.39 Å². The van der Waals surface area contributed by atoms with Crippen LogP contribution in [0.25, 0.3) is 0 Å². The van der Waals surface area contributed by atoms with Crippen LogP contribution in [0.3, 0.4) is 0 Å². The van der Waals surface area contributed by atoms with Crippen molar-refractivity contribution < 1.29 is 14.0 Å². The second kappa shape index (κ2) is 5.80. The number of hydrogen-bond acceptors (Lipinski definition) is 2. The van der Waals surface area contributed by atoms with Crippen molar-refractivity contribution in [2.24, 2.45) is 11.8 Å². The molecule has 1 aliphatic heterocycles. The summed E-state index contributed by atoms with van der Waals surface area (Å²) in [5.74, 6) is -0.631. The molecule has 2 amide bonds. The minimum Gasteiger partial charge on any atom is -0.282 e. The fourth-order valence-electron chi connectivity index (χ4n) is 3.22. The number of carbonyl (C=O) groups is 2. The van der Waals surface area contributed by atoms with E-state index in [9.17, 15) is 14.0 Å². The summed E-state index contributed by atoms with van der Waals surface area (Å²) in [6.07, 6.45) is 6.67. The van der Waals surface area contributed by atoms with E-state index >= 15 is 0 Å². The first-order chi connectivity index (χ1) is 10.2. The molecule has 2 aliphatic rings. The molecule has 1 fully saturated rings. The Morgan fingerprint density at radius 2 is 1.76 bits per heavy atom. The standard InChI is InChI=1S/C17H18FNO2/c18-13-7-3-5-12(11-13)6-4-10-19-16(20)14-8-1-2-9-15(14)17(19)21/h1-3,5,7,11,14-15H,4,6,8-10H2/t14-,15+. The van der Waals surface area contributed by atoms with Crippen LogP contribution in [0.5, 0.6) is 0 Å². The monoisotopic (exact) mass is 287 g/mol. The lowest BCUT2D eigenvalue weighted by molar-refractivity contribution is -0.139. The molecule has 3 rings (SSSR count). The van der Waals surface area contributed by atoms with Gasteiger partial charge in [-0.25, -0.2) is 4.39 Å². The summed E-state index contributed by atoms with van der Waals surface area (Å²) in [4.78, 5) is 25.9. The molecular weight excluding hydrogens is 269 g/mol. The highest BCUT2D eigenvalue weighted by molar-refractivity contribution is 6.05. The maximum absolute atomic E-state index is 13.1. The molecule has 110 valence electrons. The number of carbonyl (C=O) groups excluding carboxylic acids is 2. The van der Waals surface area contributed by atoms with Gasteiger partial charge in [0.15, 0.2) is 0 Å². The van der Waals surface area contributed by atoms with Gasteiger partial charge < -0.3 is 0 Å². The first kappa shape index (κ1) is 14.0. The Kier molecular flexibility index (Phi) is 3.86. The van der Waals surface area contributed by atoms with E-state index in [0.717, 1.165) is 5.56 Å². The zero-order valence-corrected chi connectivity index (χ0v) is 11.8. The summed E-state index contributed by atoms with van der Waals surface area (Å²) >= 11 is 0. The number of benzene rings is 1. The predicted molar refractivity (Wildman–Crippen MR) is 76.8 cm³/mol. The molecule has 0 saturated carbocycles. The molecule has 4 heteroatoms. The van der Waals surface area contributed by atoms with Gasteiger partial charge >= 0.3 is 0 Å².